The first-order chi connectivity index (χ1) is 14.3. The lowest BCUT2D eigenvalue weighted by Gasteiger charge is -2.29. The zero-order valence-corrected chi connectivity index (χ0v) is 17.2. The van der Waals surface area contributed by atoms with Gasteiger partial charge in [-0.1, -0.05) is 24.8 Å². The minimum Gasteiger partial charge on any atom is -0.497 e. The molecular weight excluding hydrogens is 384 g/mol. The highest BCUT2D eigenvalue weighted by Gasteiger charge is 2.29. The maximum Gasteiger partial charge on any atom is 0.186 e. The Bertz CT molecular complexity index is 904. The number of ketones is 3. The lowest BCUT2D eigenvalue weighted by Crippen LogP contribution is -2.35. The quantitative estimate of drug-likeness (QED) is 0.445. The Morgan fingerprint density at radius 1 is 1.20 bits per heavy atom. The van der Waals surface area contributed by atoms with Crippen molar-refractivity contribution in [3.8, 4) is 5.75 Å². The van der Waals surface area contributed by atoms with Crippen molar-refractivity contribution >= 4 is 17.3 Å². The Balaban J connectivity index is 2.23. The summed E-state index contributed by atoms with van der Waals surface area (Å²) in [5.41, 5.74) is 0.247. The summed E-state index contributed by atoms with van der Waals surface area (Å²) in [5, 5.41) is 10.1. The normalized spacial score (nSPS) is 15.8. The standard InChI is InChI=1S/C24H26O6/c1-17(2)22(27)11-13-24(16-25,12-10-19-14-20(26)6-9-23(19)28)30-15-18-4-7-21(29-3)8-5-18/h4-10,12,14,25H,1,11,13,15-16H2,2-3H3/b12-10+/t24-/m0/s1. The van der Waals surface area contributed by atoms with Crippen LogP contribution in [0, 0.1) is 0 Å². The van der Waals surface area contributed by atoms with E-state index in [-0.39, 0.29) is 42.4 Å². The Labute approximate surface area is 176 Å². The van der Waals surface area contributed by atoms with E-state index in [1.807, 2.05) is 12.1 Å². The molecule has 1 aliphatic rings. The highest BCUT2D eigenvalue weighted by atomic mass is 16.5. The molecule has 0 bridgehead atoms. The number of carbonyl (C=O) groups is 3. The van der Waals surface area contributed by atoms with Gasteiger partial charge < -0.3 is 14.6 Å². The largest absolute Gasteiger partial charge is 0.497 e. The first kappa shape index (κ1) is 23.2. The molecule has 158 valence electrons. The minimum atomic E-state index is -1.21. The average Bonchev–Trinajstić information content (AvgIpc) is 2.75. The van der Waals surface area contributed by atoms with Gasteiger partial charge in [-0.25, -0.2) is 0 Å². The SMILES string of the molecule is C=C(C)C(=O)CC[C@@](/C=C/C1=CC(=O)C=CC1=O)(CO)OCc1ccc(OC)cc1. The highest BCUT2D eigenvalue weighted by Crippen LogP contribution is 2.25. The third kappa shape index (κ3) is 6.47. The van der Waals surface area contributed by atoms with E-state index in [9.17, 15) is 19.5 Å². The summed E-state index contributed by atoms with van der Waals surface area (Å²) in [7, 11) is 1.58. The number of benzene rings is 1. The van der Waals surface area contributed by atoms with Crippen LogP contribution in [0.2, 0.25) is 0 Å². The molecule has 0 radical (unpaired) electrons. The fourth-order valence-corrected chi connectivity index (χ4v) is 2.77. The Kier molecular flexibility index (Phi) is 8.21. The molecule has 1 atom stereocenters. The second-order valence-corrected chi connectivity index (χ2v) is 7.10. The number of hydrogen-bond donors (Lipinski definition) is 1. The molecule has 30 heavy (non-hydrogen) atoms. The van der Waals surface area contributed by atoms with Gasteiger partial charge in [0.2, 0.25) is 0 Å². The fraction of sp³-hybridized carbons (Fsp3) is 0.292. The van der Waals surface area contributed by atoms with Crippen LogP contribution < -0.4 is 4.74 Å². The zero-order valence-electron chi connectivity index (χ0n) is 17.2. The first-order valence-electron chi connectivity index (χ1n) is 9.52. The van der Waals surface area contributed by atoms with Crippen LogP contribution in [0.25, 0.3) is 0 Å². The van der Waals surface area contributed by atoms with Crippen LogP contribution in [0.5, 0.6) is 5.75 Å². The van der Waals surface area contributed by atoms with E-state index >= 15 is 0 Å². The number of hydrogen-bond acceptors (Lipinski definition) is 6. The van der Waals surface area contributed by atoms with E-state index in [2.05, 4.69) is 6.58 Å². The predicted molar refractivity (Wildman–Crippen MR) is 113 cm³/mol. The lowest BCUT2D eigenvalue weighted by molar-refractivity contribution is -0.118. The van der Waals surface area contributed by atoms with Crippen molar-refractivity contribution in [2.45, 2.75) is 32.0 Å². The molecule has 0 heterocycles. The number of Topliss-reactive ketones (excluding diaryl/α,β-unsaturated/α-hetero) is 1. The number of carbonyl (C=O) groups excluding carboxylic acids is 3. The van der Waals surface area contributed by atoms with E-state index in [4.69, 9.17) is 9.47 Å². The van der Waals surface area contributed by atoms with Crippen LogP contribution in [0.3, 0.4) is 0 Å². The third-order valence-corrected chi connectivity index (χ3v) is 4.75. The van der Waals surface area contributed by atoms with Gasteiger partial charge in [-0.2, -0.15) is 0 Å². The van der Waals surface area contributed by atoms with Gasteiger partial charge in [-0.05, 0) is 60.9 Å². The second kappa shape index (κ2) is 10.6. The van der Waals surface area contributed by atoms with E-state index in [1.54, 1.807) is 32.2 Å². The Morgan fingerprint density at radius 2 is 1.90 bits per heavy atom. The van der Waals surface area contributed by atoms with Gasteiger partial charge in [0.1, 0.15) is 11.4 Å². The van der Waals surface area contributed by atoms with Crippen LogP contribution in [-0.4, -0.2) is 41.8 Å². The smallest absolute Gasteiger partial charge is 0.186 e. The van der Waals surface area contributed by atoms with Crippen LogP contribution in [-0.2, 0) is 25.7 Å². The molecule has 0 aliphatic heterocycles. The molecule has 0 aromatic heterocycles. The molecule has 6 heteroatoms. The van der Waals surface area contributed by atoms with Gasteiger partial charge in [-0.3, -0.25) is 14.4 Å². The van der Waals surface area contributed by atoms with Crippen molar-refractivity contribution in [1.82, 2.24) is 0 Å². The van der Waals surface area contributed by atoms with Crippen molar-refractivity contribution in [3.05, 3.63) is 77.9 Å². The Morgan fingerprint density at radius 3 is 2.50 bits per heavy atom. The van der Waals surface area contributed by atoms with Gasteiger partial charge in [0, 0.05) is 12.0 Å². The minimum absolute atomic E-state index is 0.120. The van der Waals surface area contributed by atoms with Crippen molar-refractivity contribution in [1.29, 1.82) is 0 Å². The predicted octanol–water partition coefficient (Wildman–Crippen LogP) is 3.06. The van der Waals surface area contributed by atoms with Gasteiger partial charge >= 0.3 is 0 Å². The van der Waals surface area contributed by atoms with E-state index < -0.39 is 12.2 Å². The molecule has 1 N–H and O–H groups in total. The summed E-state index contributed by atoms with van der Waals surface area (Å²) in [6.45, 7) is 5.03. The van der Waals surface area contributed by atoms with Gasteiger partial charge in [0.15, 0.2) is 17.3 Å². The summed E-state index contributed by atoms with van der Waals surface area (Å²) in [4.78, 5) is 35.6. The Hall–Kier alpha value is -3.09. The number of aliphatic hydroxyl groups excluding tert-OH is 1. The van der Waals surface area contributed by atoms with Crippen LogP contribution in [0.4, 0.5) is 0 Å². The number of rotatable bonds is 11. The molecular formula is C24H26O6. The van der Waals surface area contributed by atoms with Crippen LogP contribution >= 0.6 is 0 Å². The second-order valence-electron chi connectivity index (χ2n) is 7.10. The molecule has 0 spiro atoms. The first-order valence-corrected chi connectivity index (χ1v) is 9.52. The van der Waals surface area contributed by atoms with Crippen LogP contribution in [0.1, 0.15) is 25.3 Å². The molecule has 0 saturated carbocycles. The molecule has 0 amide bonds. The third-order valence-electron chi connectivity index (χ3n) is 4.75. The van der Waals surface area contributed by atoms with Crippen molar-refractivity contribution in [2.24, 2.45) is 0 Å². The summed E-state index contributed by atoms with van der Waals surface area (Å²) < 4.78 is 11.2. The monoisotopic (exact) mass is 410 g/mol. The van der Waals surface area contributed by atoms with Gasteiger partial charge in [-0.15, -0.1) is 0 Å². The maximum absolute atomic E-state index is 12.1. The molecule has 1 aromatic rings. The molecule has 1 aromatic carbocycles. The average molecular weight is 410 g/mol. The number of allylic oxidation sites excluding steroid dienone is 6. The fourth-order valence-electron chi connectivity index (χ4n) is 2.77. The molecule has 2 rings (SSSR count). The summed E-state index contributed by atoms with van der Waals surface area (Å²) >= 11 is 0. The topological polar surface area (TPSA) is 89.9 Å². The van der Waals surface area contributed by atoms with E-state index in [0.29, 0.717) is 11.3 Å². The molecule has 1 aliphatic carbocycles. The zero-order chi connectivity index (χ0) is 22.1. The molecule has 0 unspecified atom stereocenters. The highest BCUT2D eigenvalue weighted by molar-refractivity contribution is 6.18. The van der Waals surface area contributed by atoms with E-state index in [0.717, 1.165) is 5.56 Å². The van der Waals surface area contributed by atoms with Gasteiger partial charge in [0.05, 0.1) is 20.3 Å². The van der Waals surface area contributed by atoms with Crippen LogP contribution in [0.15, 0.2) is 72.4 Å². The molecule has 0 fully saturated rings. The molecule has 0 saturated heterocycles. The summed E-state index contributed by atoms with van der Waals surface area (Å²) in [6.07, 6.45) is 6.93. The number of aliphatic hydroxyl groups is 1. The molecule has 6 nitrogen and oxygen atoms in total. The van der Waals surface area contributed by atoms with Gasteiger partial charge in [0.25, 0.3) is 0 Å². The van der Waals surface area contributed by atoms with Crippen molar-refractivity contribution in [3.63, 3.8) is 0 Å². The number of ether oxygens (including phenoxy) is 2. The van der Waals surface area contributed by atoms with Crippen molar-refractivity contribution < 1.29 is 29.0 Å². The summed E-state index contributed by atoms with van der Waals surface area (Å²) in [5.74, 6) is -0.0359. The number of methoxy groups -OCH3 is 1. The van der Waals surface area contributed by atoms with E-state index in [1.165, 1.54) is 24.3 Å². The maximum atomic E-state index is 12.1. The summed E-state index contributed by atoms with van der Waals surface area (Å²) in [6, 6.07) is 7.26. The van der Waals surface area contributed by atoms with Crippen molar-refractivity contribution in [2.75, 3.05) is 13.7 Å². The lowest BCUT2D eigenvalue weighted by atomic mass is 9.92.